The van der Waals surface area contributed by atoms with Crippen molar-refractivity contribution in [3.8, 4) is 11.5 Å². The number of benzene rings is 1. The van der Waals surface area contributed by atoms with Crippen molar-refractivity contribution in [3.05, 3.63) is 23.8 Å². The summed E-state index contributed by atoms with van der Waals surface area (Å²) in [7, 11) is 3.20. The Kier molecular flexibility index (Phi) is 6.31. The van der Waals surface area contributed by atoms with Crippen molar-refractivity contribution in [2.75, 3.05) is 14.2 Å². The van der Waals surface area contributed by atoms with Crippen molar-refractivity contribution in [2.24, 2.45) is 11.7 Å². The first-order valence-corrected chi connectivity index (χ1v) is 6.77. The smallest absolute Gasteiger partial charge is 0.237 e. The van der Waals surface area contributed by atoms with Gasteiger partial charge in [0.25, 0.3) is 0 Å². The number of hydrogen-bond acceptors (Lipinski definition) is 4. The van der Waals surface area contributed by atoms with E-state index in [2.05, 4.69) is 5.32 Å². The number of hydrogen-bond donors (Lipinski definition) is 2. The van der Waals surface area contributed by atoms with Crippen molar-refractivity contribution >= 4 is 5.91 Å². The lowest BCUT2D eigenvalue weighted by Gasteiger charge is -2.18. The fraction of sp³-hybridized carbons (Fsp3) is 0.533. The van der Waals surface area contributed by atoms with Gasteiger partial charge in [0.15, 0.2) is 0 Å². The van der Waals surface area contributed by atoms with Crippen LogP contribution >= 0.6 is 0 Å². The SMILES string of the molecule is CCC(C)C(N)C(=O)NCc1cc(OC)ccc1OC. The van der Waals surface area contributed by atoms with E-state index < -0.39 is 6.04 Å². The van der Waals surface area contributed by atoms with E-state index in [0.29, 0.717) is 12.3 Å². The zero-order valence-corrected chi connectivity index (χ0v) is 12.6. The number of rotatable bonds is 7. The summed E-state index contributed by atoms with van der Waals surface area (Å²) >= 11 is 0. The summed E-state index contributed by atoms with van der Waals surface area (Å²) in [5.74, 6) is 1.44. The standard InChI is InChI=1S/C15H24N2O3/c1-5-10(2)14(16)15(18)17-9-11-8-12(19-3)6-7-13(11)20-4/h6-8,10,14H,5,9,16H2,1-4H3,(H,17,18). The number of ether oxygens (including phenoxy) is 2. The Morgan fingerprint density at radius 2 is 2.05 bits per heavy atom. The molecule has 0 heterocycles. The van der Waals surface area contributed by atoms with Crippen LogP contribution in [-0.4, -0.2) is 26.2 Å². The van der Waals surface area contributed by atoms with Gasteiger partial charge in [-0.15, -0.1) is 0 Å². The number of carbonyl (C=O) groups excluding carboxylic acids is 1. The van der Waals surface area contributed by atoms with Gasteiger partial charge in [-0.05, 0) is 24.1 Å². The Morgan fingerprint density at radius 3 is 2.60 bits per heavy atom. The predicted molar refractivity (Wildman–Crippen MR) is 78.8 cm³/mol. The minimum atomic E-state index is -0.489. The Balaban J connectivity index is 2.71. The molecule has 1 aromatic rings. The zero-order chi connectivity index (χ0) is 15.1. The first kappa shape index (κ1) is 16.3. The molecule has 0 spiro atoms. The highest BCUT2D eigenvalue weighted by molar-refractivity contribution is 5.81. The monoisotopic (exact) mass is 280 g/mol. The minimum Gasteiger partial charge on any atom is -0.497 e. The molecule has 0 aromatic heterocycles. The van der Waals surface area contributed by atoms with Gasteiger partial charge in [-0.25, -0.2) is 0 Å². The lowest BCUT2D eigenvalue weighted by Crippen LogP contribution is -2.44. The molecule has 1 rings (SSSR count). The summed E-state index contributed by atoms with van der Waals surface area (Å²) in [4.78, 5) is 12.0. The van der Waals surface area contributed by atoms with Gasteiger partial charge in [-0.2, -0.15) is 0 Å². The second-order valence-electron chi connectivity index (χ2n) is 4.81. The van der Waals surface area contributed by atoms with Gasteiger partial charge >= 0.3 is 0 Å². The van der Waals surface area contributed by atoms with Gasteiger partial charge in [0, 0.05) is 12.1 Å². The maximum atomic E-state index is 12.0. The molecule has 2 unspecified atom stereocenters. The average molecular weight is 280 g/mol. The van der Waals surface area contributed by atoms with E-state index in [1.807, 2.05) is 32.0 Å². The fourth-order valence-electron chi connectivity index (χ4n) is 1.83. The molecule has 1 aromatic carbocycles. The van der Waals surface area contributed by atoms with Crippen LogP contribution in [0.5, 0.6) is 11.5 Å². The Bertz CT molecular complexity index is 449. The number of carbonyl (C=O) groups is 1. The molecule has 0 aliphatic rings. The van der Waals surface area contributed by atoms with Gasteiger partial charge in [0.05, 0.1) is 20.3 Å². The van der Waals surface area contributed by atoms with Crippen molar-refractivity contribution in [2.45, 2.75) is 32.9 Å². The highest BCUT2D eigenvalue weighted by Crippen LogP contribution is 2.23. The molecule has 0 saturated heterocycles. The average Bonchev–Trinajstić information content (AvgIpc) is 2.50. The molecular formula is C15H24N2O3. The summed E-state index contributed by atoms with van der Waals surface area (Å²) in [6.45, 7) is 4.35. The van der Waals surface area contributed by atoms with Gasteiger partial charge in [0.2, 0.25) is 5.91 Å². The Morgan fingerprint density at radius 1 is 1.35 bits per heavy atom. The molecule has 5 nitrogen and oxygen atoms in total. The molecule has 0 aliphatic heterocycles. The van der Waals surface area contributed by atoms with Crippen LogP contribution < -0.4 is 20.5 Å². The van der Waals surface area contributed by atoms with E-state index in [1.54, 1.807) is 14.2 Å². The number of methoxy groups -OCH3 is 2. The number of nitrogens with one attached hydrogen (secondary N) is 1. The van der Waals surface area contributed by atoms with Crippen molar-refractivity contribution in [1.82, 2.24) is 5.32 Å². The first-order chi connectivity index (χ1) is 9.53. The molecule has 0 aliphatic carbocycles. The van der Waals surface area contributed by atoms with E-state index in [1.165, 1.54) is 0 Å². The second kappa shape index (κ2) is 7.75. The first-order valence-electron chi connectivity index (χ1n) is 6.77. The summed E-state index contributed by atoms with van der Waals surface area (Å²) in [5.41, 5.74) is 6.75. The van der Waals surface area contributed by atoms with E-state index in [-0.39, 0.29) is 11.8 Å². The molecule has 0 saturated carbocycles. The van der Waals surface area contributed by atoms with Gasteiger partial charge in [-0.1, -0.05) is 20.3 Å². The fourth-order valence-corrected chi connectivity index (χ4v) is 1.83. The maximum Gasteiger partial charge on any atom is 0.237 e. The highest BCUT2D eigenvalue weighted by Gasteiger charge is 2.19. The van der Waals surface area contributed by atoms with E-state index >= 15 is 0 Å². The molecule has 5 heteroatoms. The molecule has 2 atom stereocenters. The Hall–Kier alpha value is -1.75. The lowest BCUT2D eigenvalue weighted by atomic mass is 9.99. The normalized spacial score (nSPS) is 13.4. The van der Waals surface area contributed by atoms with E-state index in [9.17, 15) is 4.79 Å². The van der Waals surface area contributed by atoms with Crippen LogP contribution in [0, 0.1) is 5.92 Å². The third kappa shape index (κ3) is 4.13. The maximum absolute atomic E-state index is 12.0. The van der Waals surface area contributed by atoms with Gasteiger partial charge in [0.1, 0.15) is 11.5 Å². The lowest BCUT2D eigenvalue weighted by molar-refractivity contribution is -0.123. The van der Waals surface area contributed by atoms with Crippen LogP contribution in [0.25, 0.3) is 0 Å². The van der Waals surface area contributed by atoms with Crippen LogP contribution in [0.1, 0.15) is 25.8 Å². The van der Waals surface area contributed by atoms with Crippen molar-refractivity contribution < 1.29 is 14.3 Å². The minimum absolute atomic E-state index is 0.149. The molecule has 1 amide bonds. The second-order valence-corrected chi connectivity index (χ2v) is 4.81. The summed E-state index contributed by atoms with van der Waals surface area (Å²) in [6, 6.07) is 4.98. The number of nitrogens with two attached hydrogens (primary N) is 1. The molecule has 20 heavy (non-hydrogen) atoms. The zero-order valence-electron chi connectivity index (χ0n) is 12.6. The van der Waals surface area contributed by atoms with Crippen LogP contribution in [0.2, 0.25) is 0 Å². The third-order valence-corrected chi connectivity index (χ3v) is 3.50. The highest BCUT2D eigenvalue weighted by atomic mass is 16.5. The predicted octanol–water partition coefficient (Wildman–Crippen LogP) is 1.69. The molecule has 112 valence electrons. The van der Waals surface area contributed by atoms with Gasteiger partial charge < -0.3 is 20.5 Å². The van der Waals surface area contributed by atoms with E-state index in [0.717, 1.165) is 17.7 Å². The van der Waals surface area contributed by atoms with Crippen LogP contribution in [0.4, 0.5) is 0 Å². The van der Waals surface area contributed by atoms with Gasteiger partial charge in [-0.3, -0.25) is 4.79 Å². The van der Waals surface area contributed by atoms with Crippen molar-refractivity contribution in [3.63, 3.8) is 0 Å². The third-order valence-electron chi connectivity index (χ3n) is 3.50. The Labute approximate surface area is 120 Å². The summed E-state index contributed by atoms with van der Waals surface area (Å²) in [6.07, 6.45) is 0.872. The summed E-state index contributed by atoms with van der Waals surface area (Å²) in [5, 5.41) is 2.84. The topological polar surface area (TPSA) is 73.6 Å². The van der Waals surface area contributed by atoms with Crippen molar-refractivity contribution in [1.29, 1.82) is 0 Å². The van der Waals surface area contributed by atoms with Crippen LogP contribution in [0.15, 0.2) is 18.2 Å². The van der Waals surface area contributed by atoms with E-state index in [4.69, 9.17) is 15.2 Å². The van der Waals surface area contributed by atoms with Crippen LogP contribution in [-0.2, 0) is 11.3 Å². The quantitative estimate of drug-likeness (QED) is 0.797. The molecule has 3 N–H and O–H groups in total. The molecule has 0 radical (unpaired) electrons. The number of amides is 1. The molecule has 0 bridgehead atoms. The summed E-state index contributed by atoms with van der Waals surface area (Å²) < 4.78 is 10.4. The largest absolute Gasteiger partial charge is 0.497 e. The molecule has 0 fully saturated rings. The van der Waals surface area contributed by atoms with Crippen LogP contribution in [0.3, 0.4) is 0 Å². The molecular weight excluding hydrogens is 256 g/mol.